The van der Waals surface area contributed by atoms with E-state index in [1.54, 1.807) is 0 Å². The number of nitrogens with two attached hydrogens (primary N) is 1. The van der Waals surface area contributed by atoms with E-state index in [0.717, 1.165) is 19.3 Å². The molecule has 0 saturated heterocycles. The molecule has 0 amide bonds. The average Bonchev–Trinajstić information content (AvgIpc) is 2.75. The van der Waals surface area contributed by atoms with Crippen molar-refractivity contribution in [3.05, 3.63) is 22.2 Å². The molecule has 1 aliphatic rings. The lowest BCUT2D eigenvalue weighted by Gasteiger charge is -2.19. The van der Waals surface area contributed by atoms with E-state index in [9.17, 15) is 15.2 Å². The van der Waals surface area contributed by atoms with Gasteiger partial charge in [0.05, 0.1) is 17.1 Å². The molecule has 0 aromatic carbocycles. The van der Waals surface area contributed by atoms with Gasteiger partial charge in [0, 0.05) is 18.6 Å². The molecular formula is C11H16N4O3. The summed E-state index contributed by atoms with van der Waals surface area (Å²) in [7, 11) is 0. The third-order valence-corrected chi connectivity index (χ3v) is 3.27. The van der Waals surface area contributed by atoms with E-state index in [1.165, 1.54) is 12.1 Å². The summed E-state index contributed by atoms with van der Waals surface area (Å²) in [5, 5.41) is 23.1. The van der Waals surface area contributed by atoms with E-state index in [1.807, 2.05) is 0 Å². The number of nitro groups is 1. The Kier molecular flexibility index (Phi) is 3.61. The molecule has 18 heavy (non-hydrogen) atoms. The monoisotopic (exact) mass is 252 g/mol. The third kappa shape index (κ3) is 2.67. The molecule has 1 aromatic rings. The van der Waals surface area contributed by atoms with Gasteiger partial charge in [-0.25, -0.2) is 4.98 Å². The minimum absolute atomic E-state index is 0.0801. The second kappa shape index (κ2) is 5.18. The van der Waals surface area contributed by atoms with Crippen LogP contribution < -0.4 is 11.1 Å². The zero-order valence-electron chi connectivity index (χ0n) is 9.87. The lowest BCUT2D eigenvalue weighted by Crippen LogP contribution is -2.26. The van der Waals surface area contributed by atoms with Crippen molar-refractivity contribution >= 4 is 17.3 Å². The Morgan fingerprint density at radius 3 is 3.00 bits per heavy atom. The highest BCUT2D eigenvalue weighted by Crippen LogP contribution is 2.29. The molecule has 1 saturated carbocycles. The van der Waals surface area contributed by atoms with E-state index >= 15 is 0 Å². The minimum Gasteiger partial charge on any atom is -0.396 e. The van der Waals surface area contributed by atoms with Crippen LogP contribution in [0.3, 0.4) is 0 Å². The molecule has 2 atom stereocenters. The number of aromatic nitrogens is 1. The number of aliphatic hydroxyl groups excluding tert-OH is 1. The topological polar surface area (TPSA) is 114 Å². The van der Waals surface area contributed by atoms with Crippen LogP contribution in [0.25, 0.3) is 0 Å². The zero-order chi connectivity index (χ0) is 13.1. The summed E-state index contributed by atoms with van der Waals surface area (Å²) in [6, 6.07) is 2.69. The molecule has 7 nitrogen and oxygen atoms in total. The highest BCUT2D eigenvalue weighted by Gasteiger charge is 2.27. The molecule has 0 aliphatic heterocycles. The lowest BCUT2D eigenvalue weighted by atomic mass is 10.1. The van der Waals surface area contributed by atoms with Gasteiger partial charge >= 0.3 is 0 Å². The maximum atomic E-state index is 10.7. The number of nitrogens with zero attached hydrogens (tertiary/aromatic N) is 2. The Bertz CT molecular complexity index is 452. The summed E-state index contributed by atoms with van der Waals surface area (Å²) >= 11 is 0. The van der Waals surface area contributed by atoms with Crippen LogP contribution in [-0.4, -0.2) is 27.7 Å². The number of anilines is 2. The van der Waals surface area contributed by atoms with Crippen molar-refractivity contribution in [3.63, 3.8) is 0 Å². The largest absolute Gasteiger partial charge is 0.396 e. The highest BCUT2D eigenvalue weighted by atomic mass is 16.6. The summed E-state index contributed by atoms with van der Waals surface area (Å²) in [6.45, 7) is 0.113. The number of hydrogen-bond acceptors (Lipinski definition) is 6. The number of rotatable bonds is 4. The van der Waals surface area contributed by atoms with Crippen molar-refractivity contribution in [3.8, 4) is 0 Å². The van der Waals surface area contributed by atoms with Gasteiger partial charge in [0.1, 0.15) is 11.6 Å². The fourth-order valence-electron chi connectivity index (χ4n) is 2.35. The van der Waals surface area contributed by atoms with Crippen molar-refractivity contribution in [1.82, 2.24) is 4.98 Å². The minimum atomic E-state index is -0.499. The maximum absolute atomic E-state index is 10.7. The summed E-state index contributed by atoms with van der Waals surface area (Å²) in [5.41, 5.74) is 5.45. The van der Waals surface area contributed by atoms with Crippen LogP contribution in [0.2, 0.25) is 0 Å². The van der Waals surface area contributed by atoms with E-state index < -0.39 is 4.92 Å². The normalized spacial score (nSPS) is 22.9. The van der Waals surface area contributed by atoms with Gasteiger partial charge in [-0.1, -0.05) is 6.42 Å². The van der Waals surface area contributed by atoms with Crippen LogP contribution in [0.5, 0.6) is 0 Å². The summed E-state index contributed by atoms with van der Waals surface area (Å²) < 4.78 is 0. The molecule has 2 unspecified atom stereocenters. The molecule has 1 heterocycles. The number of hydrogen-bond donors (Lipinski definition) is 3. The second-order valence-electron chi connectivity index (χ2n) is 4.52. The quantitative estimate of drug-likeness (QED) is 0.547. The lowest BCUT2D eigenvalue weighted by molar-refractivity contribution is -0.384. The second-order valence-corrected chi connectivity index (χ2v) is 4.52. The van der Waals surface area contributed by atoms with Crippen LogP contribution in [0.1, 0.15) is 19.3 Å². The highest BCUT2D eigenvalue weighted by molar-refractivity contribution is 5.53. The van der Waals surface area contributed by atoms with Crippen molar-refractivity contribution in [2.45, 2.75) is 25.3 Å². The fraction of sp³-hybridized carbons (Fsp3) is 0.545. The third-order valence-electron chi connectivity index (χ3n) is 3.27. The first-order valence-corrected chi connectivity index (χ1v) is 5.89. The van der Waals surface area contributed by atoms with E-state index in [-0.39, 0.29) is 30.1 Å². The molecule has 0 radical (unpaired) electrons. The van der Waals surface area contributed by atoms with E-state index in [4.69, 9.17) is 5.73 Å². The molecule has 4 N–H and O–H groups in total. The van der Waals surface area contributed by atoms with Gasteiger partial charge in [0.15, 0.2) is 0 Å². The summed E-state index contributed by atoms with van der Waals surface area (Å²) in [6.07, 6.45) is 2.92. The first-order valence-electron chi connectivity index (χ1n) is 5.89. The van der Waals surface area contributed by atoms with E-state index in [0.29, 0.717) is 5.82 Å². The van der Waals surface area contributed by atoms with Gasteiger partial charge in [-0.2, -0.15) is 0 Å². The first kappa shape index (κ1) is 12.6. The van der Waals surface area contributed by atoms with Gasteiger partial charge in [0.25, 0.3) is 5.69 Å². The van der Waals surface area contributed by atoms with Crippen LogP contribution in [0.15, 0.2) is 12.1 Å². The number of nitrogens with one attached hydrogen (secondary N) is 1. The van der Waals surface area contributed by atoms with Gasteiger partial charge < -0.3 is 16.2 Å². The van der Waals surface area contributed by atoms with Crippen molar-refractivity contribution in [2.24, 2.45) is 5.92 Å². The molecule has 1 fully saturated rings. The fourth-order valence-corrected chi connectivity index (χ4v) is 2.35. The van der Waals surface area contributed by atoms with Gasteiger partial charge in [-0.15, -0.1) is 0 Å². The number of nitrogen functional groups attached to an aromatic ring is 1. The summed E-state index contributed by atoms with van der Waals surface area (Å²) in [5.74, 6) is 0.685. The predicted octanol–water partition coefficient (Wildman–Crippen LogP) is 1.14. The van der Waals surface area contributed by atoms with Gasteiger partial charge in [-0.05, 0) is 12.8 Å². The molecule has 7 heteroatoms. The Balaban J connectivity index is 2.16. The van der Waals surface area contributed by atoms with Crippen LogP contribution >= 0.6 is 0 Å². The van der Waals surface area contributed by atoms with Gasteiger partial charge in [0.2, 0.25) is 0 Å². The SMILES string of the molecule is Nc1cc([N+](=O)[O-])cc(NC2CCCC2CO)n1. The molecule has 0 bridgehead atoms. The maximum Gasteiger partial charge on any atom is 0.276 e. The molecular weight excluding hydrogens is 236 g/mol. The van der Waals surface area contributed by atoms with Crippen LogP contribution in [0.4, 0.5) is 17.3 Å². The van der Waals surface area contributed by atoms with Crippen molar-refractivity contribution < 1.29 is 10.0 Å². The average molecular weight is 252 g/mol. The molecule has 98 valence electrons. The van der Waals surface area contributed by atoms with Crippen LogP contribution in [0, 0.1) is 16.0 Å². The predicted molar refractivity (Wildman–Crippen MR) is 67.1 cm³/mol. The molecule has 1 aromatic heterocycles. The van der Waals surface area contributed by atoms with Gasteiger partial charge in [-0.3, -0.25) is 10.1 Å². The molecule has 1 aliphatic carbocycles. The Labute approximate surface area is 104 Å². The smallest absolute Gasteiger partial charge is 0.276 e. The Morgan fingerprint density at radius 1 is 1.56 bits per heavy atom. The number of pyridine rings is 1. The van der Waals surface area contributed by atoms with Crippen molar-refractivity contribution in [1.29, 1.82) is 0 Å². The van der Waals surface area contributed by atoms with Crippen LogP contribution in [-0.2, 0) is 0 Å². The molecule has 0 spiro atoms. The number of aliphatic hydroxyl groups is 1. The van der Waals surface area contributed by atoms with Crippen molar-refractivity contribution in [2.75, 3.05) is 17.7 Å². The summed E-state index contributed by atoms with van der Waals surface area (Å²) in [4.78, 5) is 14.2. The molecule has 2 rings (SSSR count). The van der Waals surface area contributed by atoms with E-state index in [2.05, 4.69) is 10.3 Å². The zero-order valence-corrected chi connectivity index (χ0v) is 9.87. The Morgan fingerprint density at radius 2 is 2.33 bits per heavy atom. The Hall–Kier alpha value is -1.89. The first-order chi connectivity index (χ1) is 8.60. The standard InChI is InChI=1S/C11H16N4O3/c12-10-4-8(15(17)18)5-11(14-10)13-9-3-1-2-7(9)6-16/h4-5,7,9,16H,1-3,6H2,(H3,12,13,14).